The Morgan fingerprint density at radius 1 is 1.19 bits per heavy atom. The monoisotopic (exact) mass is 501 g/mol. The Morgan fingerprint density at radius 2 is 2.00 bits per heavy atom. The highest BCUT2D eigenvalue weighted by Gasteiger charge is 2.67. The lowest BCUT2D eigenvalue weighted by molar-refractivity contribution is -0.150. The second-order valence-electron chi connectivity index (χ2n) is 9.48. The molecule has 10 nitrogen and oxygen atoms in total. The lowest BCUT2D eigenvalue weighted by Gasteiger charge is -2.41. The van der Waals surface area contributed by atoms with Gasteiger partial charge in [-0.3, -0.25) is 14.3 Å². The van der Waals surface area contributed by atoms with Gasteiger partial charge in [-0.05, 0) is 17.2 Å². The van der Waals surface area contributed by atoms with E-state index in [9.17, 15) is 14.4 Å². The zero-order valence-corrected chi connectivity index (χ0v) is 20.8. The molecule has 1 aliphatic heterocycles. The summed E-state index contributed by atoms with van der Waals surface area (Å²) in [4.78, 5) is 42.7. The van der Waals surface area contributed by atoms with Crippen LogP contribution in [0.4, 0.5) is 4.79 Å². The van der Waals surface area contributed by atoms with E-state index < -0.39 is 5.66 Å². The fourth-order valence-corrected chi connectivity index (χ4v) is 5.10. The van der Waals surface area contributed by atoms with E-state index in [1.54, 1.807) is 21.9 Å². The van der Waals surface area contributed by atoms with Crippen LogP contribution in [0.1, 0.15) is 17.5 Å². The quantitative estimate of drug-likeness (QED) is 0.304. The SMILES string of the molecule is C=CCNCC(=O)N1CC(=O)N(Cc2cccc3c2cnn3C)[C@@H]2C[C@@]21NC(=O)NCc1ccccc1. The molecular weight excluding hydrogens is 470 g/mol. The molecule has 2 atom stereocenters. The molecule has 2 aliphatic rings. The summed E-state index contributed by atoms with van der Waals surface area (Å²) in [5, 5.41) is 14.2. The molecule has 1 aliphatic carbocycles. The number of nitrogens with zero attached hydrogens (tertiary/aromatic N) is 4. The van der Waals surface area contributed by atoms with Crippen LogP contribution in [-0.4, -0.2) is 68.8 Å². The third-order valence-electron chi connectivity index (χ3n) is 7.08. The van der Waals surface area contributed by atoms with Gasteiger partial charge in [-0.1, -0.05) is 48.5 Å². The second-order valence-corrected chi connectivity index (χ2v) is 9.48. The Labute approximate surface area is 215 Å². The fraction of sp³-hybridized carbons (Fsp3) is 0.333. The summed E-state index contributed by atoms with van der Waals surface area (Å²) in [5.41, 5.74) is 1.96. The molecule has 2 fully saturated rings. The van der Waals surface area contributed by atoms with E-state index in [4.69, 9.17) is 0 Å². The van der Waals surface area contributed by atoms with Crippen molar-refractivity contribution < 1.29 is 14.4 Å². The van der Waals surface area contributed by atoms with Gasteiger partial charge in [0, 0.05) is 38.5 Å². The van der Waals surface area contributed by atoms with Gasteiger partial charge in [-0.25, -0.2) is 4.79 Å². The molecule has 5 rings (SSSR count). The van der Waals surface area contributed by atoms with Crippen LogP contribution in [0, 0.1) is 0 Å². The van der Waals surface area contributed by atoms with Gasteiger partial charge in [0.05, 0.1) is 24.3 Å². The van der Waals surface area contributed by atoms with Crippen molar-refractivity contribution in [2.45, 2.75) is 31.2 Å². The third-order valence-corrected chi connectivity index (χ3v) is 7.08. The summed E-state index contributed by atoms with van der Waals surface area (Å²) in [5.74, 6) is -0.391. The largest absolute Gasteiger partial charge is 0.334 e. The molecule has 0 bridgehead atoms. The van der Waals surface area contributed by atoms with E-state index >= 15 is 0 Å². The van der Waals surface area contributed by atoms with E-state index in [0.717, 1.165) is 22.0 Å². The van der Waals surface area contributed by atoms with E-state index in [1.165, 1.54) is 4.90 Å². The number of aromatic nitrogens is 2. The standard InChI is InChI=1S/C27H31N7O3/c1-3-12-28-16-24(35)34-18-25(36)33(17-20-10-7-11-22-21(20)15-30-32(22)2)23-13-27(23,34)31-26(37)29-14-19-8-5-4-6-9-19/h3-11,15,23,28H,1,12-14,16-18H2,2H3,(H2,29,31,37)/t23-,27+/m1/s1. The van der Waals surface area contributed by atoms with Gasteiger partial charge in [0.1, 0.15) is 12.2 Å². The maximum atomic E-state index is 13.3. The normalized spacial score (nSPS) is 20.5. The van der Waals surface area contributed by atoms with Gasteiger partial charge in [-0.2, -0.15) is 5.10 Å². The zero-order chi connectivity index (χ0) is 26.0. The molecular formula is C27H31N7O3. The maximum absolute atomic E-state index is 13.3. The molecule has 1 saturated carbocycles. The minimum Gasteiger partial charge on any atom is -0.334 e. The highest BCUT2D eigenvalue weighted by molar-refractivity contribution is 5.91. The average Bonchev–Trinajstić information content (AvgIpc) is 3.50. The van der Waals surface area contributed by atoms with Crippen LogP contribution < -0.4 is 16.0 Å². The summed E-state index contributed by atoms with van der Waals surface area (Å²) < 4.78 is 1.80. The summed E-state index contributed by atoms with van der Waals surface area (Å²) >= 11 is 0. The molecule has 0 spiro atoms. The van der Waals surface area contributed by atoms with Gasteiger partial charge < -0.3 is 25.8 Å². The molecule has 3 N–H and O–H groups in total. The summed E-state index contributed by atoms with van der Waals surface area (Å²) in [6.07, 6.45) is 3.93. The van der Waals surface area contributed by atoms with Crippen molar-refractivity contribution in [3.8, 4) is 0 Å². The van der Waals surface area contributed by atoms with Gasteiger partial charge >= 0.3 is 6.03 Å². The van der Waals surface area contributed by atoms with Gasteiger partial charge in [0.15, 0.2) is 0 Å². The van der Waals surface area contributed by atoms with E-state index in [1.807, 2.05) is 55.6 Å². The number of nitrogens with one attached hydrogen (secondary N) is 3. The van der Waals surface area contributed by atoms with Crippen molar-refractivity contribution in [1.29, 1.82) is 0 Å². The van der Waals surface area contributed by atoms with Crippen LogP contribution in [0.25, 0.3) is 10.9 Å². The van der Waals surface area contributed by atoms with Crippen LogP contribution in [-0.2, 0) is 29.7 Å². The molecule has 3 aromatic rings. The number of benzene rings is 2. The summed E-state index contributed by atoms with van der Waals surface area (Å²) in [6, 6.07) is 14.8. The van der Waals surface area contributed by atoms with Crippen molar-refractivity contribution in [3.63, 3.8) is 0 Å². The Balaban J connectivity index is 1.36. The highest BCUT2D eigenvalue weighted by atomic mass is 16.2. The number of carbonyl (C=O) groups is 3. The smallest absolute Gasteiger partial charge is 0.316 e. The van der Waals surface area contributed by atoms with Crippen LogP contribution >= 0.6 is 0 Å². The lowest BCUT2D eigenvalue weighted by Crippen LogP contribution is -2.66. The zero-order valence-electron chi connectivity index (χ0n) is 20.8. The highest BCUT2D eigenvalue weighted by Crippen LogP contribution is 2.47. The number of hydrogen-bond donors (Lipinski definition) is 3. The Hall–Kier alpha value is -4.18. The molecule has 0 radical (unpaired) electrons. The van der Waals surface area contributed by atoms with Crippen molar-refractivity contribution in [1.82, 2.24) is 35.5 Å². The molecule has 192 valence electrons. The maximum Gasteiger partial charge on any atom is 0.316 e. The first kappa shape index (κ1) is 24.5. The third kappa shape index (κ3) is 4.79. The number of fused-ring (bicyclic) bond motifs is 2. The topological polar surface area (TPSA) is 112 Å². The summed E-state index contributed by atoms with van der Waals surface area (Å²) in [6.45, 7) is 4.80. The molecule has 2 aromatic carbocycles. The van der Waals surface area contributed by atoms with Crippen LogP contribution in [0.5, 0.6) is 0 Å². The number of aryl methyl sites for hydroxylation is 1. The Morgan fingerprint density at radius 3 is 2.78 bits per heavy atom. The van der Waals surface area contributed by atoms with Crippen LogP contribution in [0.15, 0.2) is 67.4 Å². The molecule has 1 saturated heterocycles. The number of carbonyl (C=O) groups excluding carboxylic acids is 3. The number of piperazine rings is 1. The van der Waals surface area contributed by atoms with Gasteiger partial charge in [-0.15, -0.1) is 6.58 Å². The predicted octanol–water partition coefficient (Wildman–Crippen LogP) is 1.49. The average molecular weight is 502 g/mol. The lowest BCUT2D eigenvalue weighted by atomic mass is 10.1. The number of urea groups is 1. The van der Waals surface area contributed by atoms with Crippen LogP contribution in [0.3, 0.4) is 0 Å². The first-order chi connectivity index (χ1) is 17.9. The molecule has 10 heteroatoms. The summed E-state index contributed by atoms with van der Waals surface area (Å²) in [7, 11) is 1.88. The first-order valence-corrected chi connectivity index (χ1v) is 12.3. The van der Waals surface area contributed by atoms with E-state index in [0.29, 0.717) is 26.1 Å². The van der Waals surface area contributed by atoms with Crippen molar-refractivity contribution in [2.75, 3.05) is 19.6 Å². The van der Waals surface area contributed by atoms with Crippen LogP contribution in [0.2, 0.25) is 0 Å². The molecule has 4 amide bonds. The fourth-order valence-electron chi connectivity index (χ4n) is 5.10. The van der Waals surface area contributed by atoms with Gasteiger partial charge in [0.25, 0.3) is 0 Å². The second kappa shape index (κ2) is 10.1. The van der Waals surface area contributed by atoms with Crippen molar-refractivity contribution >= 4 is 28.7 Å². The number of hydrogen-bond acceptors (Lipinski definition) is 5. The predicted molar refractivity (Wildman–Crippen MR) is 139 cm³/mol. The Bertz CT molecular complexity index is 1340. The van der Waals surface area contributed by atoms with E-state index in [-0.39, 0.29) is 37.0 Å². The minimum atomic E-state index is -0.954. The molecule has 1 aromatic heterocycles. The van der Waals surface area contributed by atoms with Crippen molar-refractivity contribution in [3.05, 3.63) is 78.5 Å². The minimum absolute atomic E-state index is 0.0517. The number of amides is 4. The van der Waals surface area contributed by atoms with Gasteiger partial charge in [0.2, 0.25) is 11.8 Å². The van der Waals surface area contributed by atoms with E-state index in [2.05, 4.69) is 27.6 Å². The van der Waals surface area contributed by atoms with Crippen molar-refractivity contribution in [2.24, 2.45) is 7.05 Å². The first-order valence-electron chi connectivity index (χ1n) is 12.3. The molecule has 37 heavy (non-hydrogen) atoms. The molecule has 0 unspecified atom stereocenters. The Kier molecular flexibility index (Phi) is 6.66. The number of rotatable bonds is 9. The molecule has 2 heterocycles.